The highest BCUT2D eigenvalue weighted by Crippen LogP contribution is 2.13. The van der Waals surface area contributed by atoms with Crippen molar-refractivity contribution in [3.05, 3.63) is 11.1 Å². The predicted octanol–water partition coefficient (Wildman–Crippen LogP) is 2.14. The van der Waals surface area contributed by atoms with E-state index in [1.54, 1.807) is 6.92 Å². The van der Waals surface area contributed by atoms with Gasteiger partial charge in [-0.2, -0.15) is 10.5 Å². The largest absolute Gasteiger partial charge is 0.353 e. The third-order valence-corrected chi connectivity index (χ3v) is 1.83. The van der Waals surface area contributed by atoms with E-state index >= 15 is 0 Å². The molecule has 0 rings (SSSR count). The summed E-state index contributed by atoms with van der Waals surface area (Å²) in [5.74, 6) is 0. The summed E-state index contributed by atoms with van der Waals surface area (Å²) in [5.41, 5.74) is 0.839. The van der Waals surface area contributed by atoms with Crippen LogP contribution in [0.4, 0.5) is 0 Å². The van der Waals surface area contributed by atoms with Gasteiger partial charge in [-0.15, -0.1) is 0 Å². The molecule has 0 atom stereocenters. The Morgan fingerprint density at radius 1 is 1.13 bits per heavy atom. The normalized spacial score (nSPS) is 9.47. The Kier molecular flexibility index (Phi) is 7.27. The third-order valence-electron chi connectivity index (χ3n) is 1.83. The molecule has 0 spiro atoms. The molecule has 0 aromatic rings. The summed E-state index contributed by atoms with van der Waals surface area (Å²) in [6.07, 6.45) is 0.0923. The van der Waals surface area contributed by atoms with Crippen LogP contribution in [0.2, 0.25) is 0 Å². The van der Waals surface area contributed by atoms with Crippen molar-refractivity contribution in [3.8, 4) is 12.1 Å². The molecule has 0 fully saturated rings. The molecule has 0 bridgehead atoms. The molecule has 0 aromatic carbocycles. The molecule has 4 nitrogen and oxygen atoms in total. The summed E-state index contributed by atoms with van der Waals surface area (Å²) < 4.78 is 10.6. The van der Waals surface area contributed by atoms with E-state index in [1.807, 2.05) is 26.0 Å². The summed E-state index contributed by atoms with van der Waals surface area (Å²) in [5, 5.41) is 17.3. The molecule has 0 saturated heterocycles. The molecule has 0 aromatic heterocycles. The fourth-order valence-electron chi connectivity index (χ4n) is 1.11. The Hall–Kier alpha value is -1.36. The van der Waals surface area contributed by atoms with Crippen molar-refractivity contribution >= 4 is 0 Å². The zero-order valence-corrected chi connectivity index (χ0v) is 9.41. The van der Waals surface area contributed by atoms with Gasteiger partial charge in [-0.1, -0.05) is 0 Å². The number of nitriles is 2. The number of nitrogens with zero attached hydrogens (tertiary/aromatic N) is 2. The quantitative estimate of drug-likeness (QED) is 0.495. The van der Waals surface area contributed by atoms with Gasteiger partial charge in [-0.25, -0.2) is 0 Å². The maximum Gasteiger partial charge on any atom is 0.161 e. The van der Waals surface area contributed by atoms with Gasteiger partial charge in [0.15, 0.2) is 6.29 Å². The van der Waals surface area contributed by atoms with Crippen molar-refractivity contribution in [2.24, 2.45) is 0 Å². The Balaban J connectivity index is 4.47. The molecule has 0 unspecified atom stereocenters. The Morgan fingerprint density at radius 3 is 1.93 bits per heavy atom. The first-order valence-corrected chi connectivity index (χ1v) is 4.92. The van der Waals surface area contributed by atoms with Gasteiger partial charge in [-0.05, 0) is 26.3 Å². The molecule has 82 valence electrons. The lowest BCUT2D eigenvalue weighted by atomic mass is 10.1. The minimum atomic E-state index is -0.364. The molecule has 0 aliphatic carbocycles. The van der Waals surface area contributed by atoms with Gasteiger partial charge in [0, 0.05) is 19.6 Å². The summed E-state index contributed by atoms with van der Waals surface area (Å²) in [4.78, 5) is 0. The fraction of sp³-hybridized carbons (Fsp3) is 0.636. The van der Waals surface area contributed by atoms with Gasteiger partial charge in [0.1, 0.15) is 17.7 Å². The average Bonchev–Trinajstić information content (AvgIpc) is 2.20. The van der Waals surface area contributed by atoms with Crippen LogP contribution in [-0.2, 0) is 9.47 Å². The summed E-state index contributed by atoms with van der Waals surface area (Å²) in [6.45, 7) is 6.59. The van der Waals surface area contributed by atoms with E-state index in [4.69, 9.17) is 20.0 Å². The highest BCUT2D eigenvalue weighted by atomic mass is 16.7. The van der Waals surface area contributed by atoms with Crippen molar-refractivity contribution in [2.45, 2.75) is 33.5 Å². The van der Waals surface area contributed by atoms with Gasteiger partial charge >= 0.3 is 0 Å². The lowest BCUT2D eigenvalue weighted by Crippen LogP contribution is -2.17. The van der Waals surface area contributed by atoms with Crippen LogP contribution in [0.5, 0.6) is 0 Å². The molecule has 15 heavy (non-hydrogen) atoms. The number of hydrogen-bond acceptors (Lipinski definition) is 4. The molecule has 0 N–H and O–H groups in total. The van der Waals surface area contributed by atoms with Crippen molar-refractivity contribution in [3.63, 3.8) is 0 Å². The molecule has 0 radical (unpaired) electrons. The second kappa shape index (κ2) is 7.99. The van der Waals surface area contributed by atoms with Crippen LogP contribution in [0.25, 0.3) is 0 Å². The van der Waals surface area contributed by atoms with Gasteiger partial charge in [0.05, 0.1) is 0 Å². The number of hydrogen-bond donors (Lipinski definition) is 0. The minimum absolute atomic E-state index is 0.138. The zero-order chi connectivity index (χ0) is 11.7. The van der Waals surface area contributed by atoms with E-state index in [0.717, 1.165) is 0 Å². The lowest BCUT2D eigenvalue weighted by Gasteiger charge is -2.16. The van der Waals surface area contributed by atoms with Crippen molar-refractivity contribution in [1.82, 2.24) is 0 Å². The number of allylic oxidation sites excluding steroid dienone is 1. The SMILES string of the molecule is CCOC(CC(C)=C(C#N)C#N)OCC. The van der Waals surface area contributed by atoms with Crippen molar-refractivity contribution in [1.29, 1.82) is 10.5 Å². The van der Waals surface area contributed by atoms with Crippen LogP contribution < -0.4 is 0 Å². The van der Waals surface area contributed by atoms with Crippen molar-refractivity contribution in [2.75, 3.05) is 13.2 Å². The average molecular weight is 208 g/mol. The molecule has 0 aliphatic heterocycles. The highest BCUT2D eigenvalue weighted by Gasteiger charge is 2.11. The molecule has 0 saturated carbocycles. The van der Waals surface area contributed by atoms with Crippen LogP contribution in [0.15, 0.2) is 11.1 Å². The predicted molar refractivity (Wildman–Crippen MR) is 55.6 cm³/mol. The summed E-state index contributed by atoms with van der Waals surface area (Å²) in [6, 6.07) is 3.70. The maximum absolute atomic E-state index is 8.66. The molecule has 0 amide bonds. The molecule has 0 aliphatic rings. The Bertz CT molecular complexity index is 275. The Morgan fingerprint density at radius 2 is 1.60 bits per heavy atom. The highest BCUT2D eigenvalue weighted by molar-refractivity contribution is 5.39. The number of rotatable bonds is 6. The summed E-state index contributed by atoms with van der Waals surface area (Å²) >= 11 is 0. The lowest BCUT2D eigenvalue weighted by molar-refractivity contribution is -0.134. The Labute approximate surface area is 90.7 Å². The molecular weight excluding hydrogens is 192 g/mol. The first kappa shape index (κ1) is 13.6. The maximum atomic E-state index is 8.66. The van der Waals surface area contributed by atoms with Gasteiger partial charge < -0.3 is 9.47 Å². The summed E-state index contributed by atoms with van der Waals surface area (Å²) in [7, 11) is 0. The first-order valence-electron chi connectivity index (χ1n) is 4.92. The smallest absolute Gasteiger partial charge is 0.161 e. The molecular formula is C11H16N2O2. The standard InChI is InChI=1S/C11H16N2O2/c1-4-14-11(15-5-2)6-9(3)10(7-12)8-13/h11H,4-6H2,1-3H3. The van der Waals surface area contributed by atoms with Crippen LogP contribution in [-0.4, -0.2) is 19.5 Å². The van der Waals surface area contributed by atoms with E-state index in [-0.39, 0.29) is 11.9 Å². The fourth-order valence-corrected chi connectivity index (χ4v) is 1.11. The topological polar surface area (TPSA) is 66.0 Å². The van der Waals surface area contributed by atoms with E-state index in [0.29, 0.717) is 25.2 Å². The van der Waals surface area contributed by atoms with Crippen LogP contribution >= 0.6 is 0 Å². The van der Waals surface area contributed by atoms with Gasteiger partial charge in [-0.3, -0.25) is 0 Å². The third kappa shape index (κ3) is 5.17. The monoisotopic (exact) mass is 208 g/mol. The second-order valence-electron chi connectivity index (χ2n) is 2.92. The van der Waals surface area contributed by atoms with E-state index in [2.05, 4.69) is 0 Å². The zero-order valence-electron chi connectivity index (χ0n) is 9.41. The molecule has 4 heteroatoms. The van der Waals surface area contributed by atoms with Crippen LogP contribution in [0.3, 0.4) is 0 Å². The van der Waals surface area contributed by atoms with Gasteiger partial charge in [0.2, 0.25) is 0 Å². The van der Waals surface area contributed by atoms with E-state index in [9.17, 15) is 0 Å². The second-order valence-corrected chi connectivity index (χ2v) is 2.92. The van der Waals surface area contributed by atoms with E-state index < -0.39 is 0 Å². The number of ether oxygens (including phenoxy) is 2. The van der Waals surface area contributed by atoms with Gasteiger partial charge in [0.25, 0.3) is 0 Å². The first-order chi connectivity index (χ1) is 7.19. The van der Waals surface area contributed by atoms with Crippen LogP contribution in [0.1, 0.15) is 27.2 Å². The van der Waals surface area contributed by atoms with E-state index in [1.165, 1.54) is 0 Å². The molecule has 0 heterocycles. The minimum Gasteiger partial charge on any atom is -0.353 e. The van der Waals surface area contributed by atoms with Crippen molar-refractivity contribution < 1.29 is 9.47 Å². The van der Waals surface area contributed by atoms with Crippen LogP contribution in [0, 0.1) is 22.7 Å².